The van der Waals surface area contributed by atoms with Crippen LogP contribution in [0.3, 0.4) is 0 Å². The Kier molecular flexibility index (Phi) is 4.41. The number of rotatable bonds is 5. The highest BCUT2D eigenvalue weighted by atomic mass is 16.6. The Hall–Kier alpha value is -2.64. The molecule has 0 saturated carbocycles. The largest absolute Gasteiger partial charge is 0.490 e. The first kappa shape index (κ1) is 14.4. The van der Waals surface area contributed by atoms with E-state index < -0.39 is 22.8 Å². The number of para-hydroxylation sites is 1. The summed E-state index contributed by atoms with van der Waals surface area (Å²) in [6.45, 7) is 1.28. The monoisotopic (exact) mass is 268 g/mol. The molecule has 0 radical (unpaired) electrons. The topological polar surface area (TPSA) is 119 Å². The van der Waals surface area contributed by atoms with Gasteiger partial charge in [-0.2, -0.15) is 0 Å². The number of hydrogen-bond donors (Lipinski definition) is 2. The van der Waals surface area contributed by atoms with Crippen LogP contribution >= 0.6 is 0 Å². The van der Waals surface area contributed by atoms with Gasteiger partial charge in [-0.15, -0.1) is 0 Å². The first-order chi connectivity index (χ1) is 8.88. The van der Waals surface area contributed by atoms with Crippen LogP contribution in [0.4, 0.5) is 5.69 Å². The lowest BCUT2D eigenvalue weighted by atomic mass is 10.1. The lowest BCUT2D eigenvalue weighted by molar-refractivity contribution is -0.385. The van der Waals surface area contributed by atoms with E-state index in [-0.39, 0.29) is 17.0 Å². The van der Waals surface area contributed by atoms with Crippen molar-refractivity contribution >= 4 is 17.6 Å². The van der Waals surface area contributed by atoms with Crippen LogP contribution in [-0.4, -0.2) is 35.1 Å². The zero-order valence-electron chi connectivity index (χ0n) is 10.2. The van der Waals surface area contributed by atoms with E-state index in [2.05, 4.69) is 5.32 Å². The first-order valence-electron chi connectivity index (χ1n) is 5.23. The fraction of sp³-hybridized carbons (Fsp3) is 0.273. The van der Waals surface area contributed by atoms with Crippen molar-refractivity contribution in [3.05, 3.63) is 33.9 Å². The third-order valence-electron chi connectivity index (χ3n) is 2.36. The number of benzene rings is 1. The van der Waals surface area contributed by atoms with Gasteiger partial charge in [0.25, 0.3) is 5.91 Å². The van der Waals surface area contributed by atoms with Gasteiger partial charge < -0.3 is 15.2 Å². The molecular weight excluding hydrogens is 256 g/mol. The zero-order valence-corrected chi connectivity index (χ0v) is 10.2. The highest BCUT2D eigenvalue weighted by Crippen LogP contribution is 2.30. The van der Waals surface area contributed by atoms with Gasteiger partial charge in [0.05, 0.1) is 17.6 Å². The van der Waals surface area contributed by atoms with Crippen LogP contribution in [0.5, 0.6) is 5.75 Å². The van der Waals surface area contributed by atoms with Gasteiger partial charge in [-0.25, -0.2) is 0 Å². The number of nitrogens with one attached hydrogen (secondary N) is 1. The Balaban J connectivity index is 3.13. The van der Waals surface area contributed by atoms with Crippen LogP contribution in [0.15, 0.2) is 18.2 Å². The van der Waals surface area contributed by atoms with Gasteiger partial charge in [-0.05, 0) is 13.0 Å². The molecule has 1 atom stereocenters. The van der Waals surface area contributed by atoms with Crippen molar-refractivity contribution in [1.29, 1.82) is 0 Å². The van der Waals surface area contributed by atoms with E-state index in [0.29, 0.717) is 0 Å². The van der Waals surface area contributed by atoms with Crippen molar-refractivity contribution < 1.29 is 24.4 Å². The molecule has 0 aliphatic heterocycles. The molecule has 8 heteroatoms. The molecule has 0 saturated heterocycles. The molecule has 2 N–H and O–H groups in total. The molecular formula is C11H12N2O6. The number of hydrogen-bond acceptors (Lipinski definition) is 5. The Morgan fingerprint density at radius 2 is 2.11 bits per heavy atom. The summed E-state index contributed by atoms with van der Waals surface area (Å²) in [6.07, 6.45) is 0. The molecule has 1 unspecified atom stereocenters. The second-order valence-electron chi connectivity index (χ2n) is 3.65. The number of nitro groups is 1. The van der Waals surface area contributed by atoms with Crippen LogP contribution in [0.1, 0.15) is 17.3 Å². The summed E-state index contributed by atoms with van der Waals surface area (Å²) in [5.74, 6) is -2.17. The van der Waals surface area contributed by atoms with Crippen LogP contribution in [-0.2, 0) is 4.79 Å². The minimum atomic E-state index is -1.21. The SMILES string of the molecule is COc1c(C(=O)NC(C)C(=O)O)cccc1[N+](=O)[O-]. The zero-order chi connectivity index (χ0) is 14.6. The van der Waals surface area contributed by atoms with Gasteiger partial charge in [-0.3, -0.25) is 19.7 Å². The van der Waals surface area contributed by atoms with Crippen LogP contribution < -0.4 is 10.1 Å². The van der Waals surface area contributed by atoms with Gasteiger partial charge >= 0.3 is 11.7 Å². The van der Waals surface area contributed by atoms with Gasteiger partial charge in [-0.1, -0.05) is 6.07 Å². The van der Waals surface area contributed by atoms with Crippen LogP contribution in [0.25, 0.3) is 0 Å². The summed E-state index contributed by atoms with van der Waals surface area (Å²) in [4.78, 5) is 32.6. The smallest absolute Gasteiger partial charge is 0.325 e. The maximum atomic E-state index is 11.8. The first-order valence-corrected chi connectivity index (χ1v) is 5.23. The number of carboxylic acid groups (broad SMARTS) is 1. The predicted molar refractivity (Wildman–Crippen MR) is 64.2 cm³/mol. The van der Waals surface area contributed by atoms with Crippen molar-refractivity contribution in [2.24, 2.45) is 0 Å². The van der Waals surface area contributed by atoms with E-state index >= 15 is 0 Å². The molecule has 102 valence electrons. The van der Waals surface area contributed by atoms with E-state index in [4.69, 9.17) is 9.84 Å². The average Bonchev–Trinajstić information content (AvgIpc) is 2.37. The van der Waals surface area contributed by atoms with Crippen LogP contribution in [0.2, 0.25) is 0 Å². The summed E-state index contributed by atoms with van der Waals surface area (Å²) in [5, 5.41) is 21.7. The summed E-state index contributed by atoms with van der Waals surface area (Å²) >= 11 is 0. The van der Waals surface area contributed by atoms with E-state index in [1.54, 1.807) is 0 Å². The molecule has 1 rings (SSSR count). The number of ether oxygens (including phenoxy) is 1. The minimum Gasteiger partial charge on any atom is -0.490 e. The molecule has 0 aromatic heterocycles. The van der Waals surface area contributed by atoms with Crippen molar-refractivity contribution in [2.75, 3.05) is 7.11 Å². The maximum Gasteiger partial charge on any atom is 0.325 e. The van der Waals surface area contributed by atoms with Gasteiger partial charge in [0.1, 0.15) is 6.04 Å². The molecule has 0 spiro atoms. The average molecular weight is 268 g/mol. The molecule has 0 heterocycles. The fourth-order valence-corrected chi connectivity index (χ4v) is 1.40. The maximum absolute atomic E-state index is 11.8. The second kappa shape index (κ2) is 5.80. The third-order valence-corrected chi connectivity index (χ3v) is 2.36. The standard InChI is InChI=1S/C11H12N2O6/c1-6(11(15)16)12-10(14)7-4-3-5-8(13(17)18)9(7)19-2/h3-6H,1-2H3,(H,12,14)(H,15,16). The summed E-state index contributed by atoms with van der Waals surface area (Å²) in [6, 6.07) is 2.71. The fourth-order valence-electron chi connectivity index (χ4n) is 1.40. The number of carbonyl (C=O) groups is 2. The number of carbonyl (C=O) groups excluding carboxylic acids is 1. The molecule has 8 nitrogen and oxygen atoms in total. The van der Waals surface area contributed by atoms with E-state index in [1.165, 1.54) is 32.2 Å². The minimum absolute atomic E-state index is 0.0928. The molecule has 1 amide bonds. The van der Waals surface area contributed by atoms with Crippen molar-refractivity contribution in [2.45, 2.75) is 13.0 Å². The molecule has 0 bridgehead atoms. The normalized spacial score (nSPS) is 11.5. The lowest BCUT2D eigenvalue weighted by Gasteiger charge is -2.11. The van der Waals surface area contributed by atoms with Gasteiger partial charge in [0.2, 0.25) is 5.75 Å². The Bertz CT molecular complexity index is 528. The molecule has 1 aromatic carbocycles. The molecule has 0 aliphatic carbocycles. The summed E-state index contributed by atoms with van der Waals surface area (Å²) in [7, 11) is 1.19. The molecule has 1 aromatic rings. The Morgan fingerprint density at radius 1 is 1.47 bits per heavy atom. The van der Waals surface area contributed by atoms with E-state index in [1.807, 2.05) is 0 Å². The van der Waals surface area contributed by atoms with Gasteiger partial charge in [0, 0.05) is 6.07 Å². The molecule has 0 fully saturated rings. The number of aliphatic carboxylic acids is 1. The molecule has 0 aliphatic rings. The van der Waals surface area contributed by atoms with Crippen molar-refractivity contribution in [1.82, 2.24) is 5.32 Å². The second-order valence-corrected chi connectivity index (χ2v) is 3.65. The van der Waals surface area contributed by atoms with Crippen LogP contribution in [0, 0.1) is 10.1 Å². The highest BCUT2D eigenvalue weighted by molar-refractivity contribution is 6.00. The summed E-state index contributed by atoms with van der Waals surface area (Å²) < 4.78 is 4.85. The van der Waals surface area contributed by atoms with Gasteiger partial charge in [0.15, 0.2) is 0 Å². The summed E-state index contributed by atoms with van der Waals surface area (Å²) in [5.41, 5.74) is -0.456. The van der Waals surface area contributed by atoms with E-state index in [9.17, 15) is 19.7 Å². The van der Waals surface area contributed by atoms with Crippen molar-refractivity contribution in [3.63, 3.8) is 0 Å². The number of carboxylic acids is 1. The Morgan fingerprint density at radius 3 is 2.58 bits per heavy atom. The van der Waals surface area contributed by atoms with E-state index in [0.717, 1.165) is 0 Å². The quantitative estimate of drug-likeness (QED) is 0.602. The highest BCUT2D eigenvalue weighted by Gasteiger charge is 2.24. The molecule has 19 heavy (non-hydrogen) atoms. The number of nitrogens with zero attached hydrogens (tertiary/aromatic N) is 1. The Labute approximate surface area is 108 Å². The number of nitro benzene ring substituents is 1. The lowest BCUT2D eigenvalue weighted by Crippen LogP contribution is -2.38. The van der Waals surface area contributed by atoms with Crippen molar-refractivity contribution in [3.8, 4) is 5.75 Å². The number of methoxy groups -OCH3 is 1. The third kappa shape index (κ3) is 3.18. The number of amides is 1. The predicted octanol–water partition coefficient (Wildman–Crippen LogP) is 0.806.